The van der Waals surface area contributed by atoms with Crippen molar-refractivity contribution in [2.24, 2.45) is 0 Å². The van der Waals surface area contributed by atoms with E-state index in [1.807, 2.05) is 37.5 Å². The van der Waals surface area contributed by atoms with Crippen molar-refractivity contribution in [3.8, 4) is 0 Å². The van der Waals surface area contributed by atoms with Crippen molar-refractivity contribution < 1.29 is 5.11 Å². The van der Waals surface area contributed by atoms with Crippen LogP contribution in [0.2, 0.25) is 0 Å². The molecule has 2 aromatic rings. The van der Waals surface area contributed by atoms with Crippen molar-refractivity contribution in [2.75, 3.05) is 25.1 Å². The van der Waals surface area contributed by atoms with Gasteiger partial charge in [0.2, 0.25) is 0 Å². The molecule has 0 fully saturated rings. The Kier molecular flexibility index (Phi) is 5.53. The summed E-state index contributed by atoms with van der Waals surface area (Å²) >= 11 is 0. The van der Waals surface area contributed by atoms with Gasteiger partial charge < -0.3 is 15.3 Å². The zero-order chi connectivity index (χ0) is 14.2. The maximum atomic E-state index is 9.24. The summed E-state index contributed by atoms with van der Waals surface area (Å²) in [5, 5.41) is 12.3. The van der Waals surface area contributed by atoms with Gasteiger partial charge in [0, 0.05) is 25.8 Å². The fourth-order valence-electron chi connectivity index (χ4n) is 2.11. The van der Waals surface area contributed by atoms with Crippen molar-refractivity contribution >= 4 is 5.82 Å². The molecule has 2 rings (SSSR count). The molecule has 4 nitrogen and oxygen atoms in total. The molecule has 0 saturated heterocycles. The number of nitrogens with one attached hydrogen (secondary N) is 1. The Morgan fingerprint density at radius 2 is 1.90 bits per heavy atom. The zero-order valence-electron chi connectivity index (χ0n) is 11.8. The van der Waals surface area contributed by atoms with Gasteiger partial charge in [0.25, 0.3) is 0 Å². The number of aromatic nitrogens is 1. The molecule has 0 spiro atoms. The molecule has 0 amide bonds. The van der Waals surface area contributed by atoms with E-state index in [1.165, 1.54) is 5.56 Å². The smallest absolute Gasteiger partial charge is 0.128 e. The Balaban J connectivity index is 2.11. The second kappa shape index (κ2) is 7.62. The first-order valence-electron chi connectivity index (χ1n) is 6.82. The van der Waals surface area contributed by atoms with Gasteiger partial charge in [-0.2, -0.15) is 0 Å². The maximum absolute atomic E-state index is 9.24. The predicted molar refractivity (Wildman–Crippen MR) is 81.6 cm³/mol. The minimum atomic E-state index is 0.118. The molecule has 1 aromatic heterocycles. The van der Waals surface area contributed by atoms with Crippen LogP contribution >= 0.6 is 0 Å². The van der Waals surface area contributed by atoms with Crippen molar-refractivity contribution in [1.29, 1.82) is 0 Å². The summed E-state index contributed by atoms with van der Waals surface area (Å²) in [7, 11) is 1.92. The van der Waals surface area contributed by atoms with Crippen molar-refractivity contribution in [3.05, 3.63) is 59.8 Å². The van der Waals surface area contributed by atoms with Gasteiger partial charge in [0.05, 0.1) is 6.61 Å². The highest BCUT2D eigenvalue weighted by Gasteiger charge is 2.08. The predicted octanol–water partition coefficient (Wildman–Crippen LogP) is 1.80. The highest BCUT2D eigenvalue weighted by molar-refractivity contribution is 5.40. The highest BCUT2D eigenvalue weighted by Crippen LogP contribution is 2.14. The Morgan fingerprint density at radius 3 is 2.50 bits per heavy atom. The number of pyridine rings is 1. The second-order valence-corrected chi connectivity index (χ2v) is 4.69. The van der Waals surface area contributed by atoms with Gasteiger partial charge in [-0.25, -0.2) is 4.98 Å². The maximum Gasteiger partial charge on any atom is 0.128 e. The Morgan fingerprint density at radius 1 is 1.10 bits per heavy atom. The van der Waals surface area contributed by atoms with E-state index in [9.17, 15) is 5.11 Å². The molecule has 0 aliphatic rings. The van der Waals surface area contributed by atoms with E-state index in [2.05, 4.69) is 33.4 Å². The second-order valence-electron chi connectivity index (χ2n) is 4.69. The summed E-state index contributed by atoms with van der Waals surface area (Å²) < 4.78 is 0. The average Bonchev–Trinajstić information content (AvgIpc) is 2.49. The number of nitrogens with zero attached hydrogens (tertiary/aromatic N) is 2. The van der Waals surface area contributed by atoms with Crippen molar-refractivity contribution in [2.45, 2.75) is 13.1 Å². The molecule has 2 N–H and O–H groups in total. The average molecular weight is 271 g/mol. The highest BCUT2D eigenvalue weighted by atomic mass is 16.3. The van der Waals surface area contributed by atoms with Crippen LogP contribution < -0.4 is 10.2 Å². The molecule has 0 saturated carbocycles. The van der Waals surface area contributed by atoms with Crippen LogP contribution in [0.4, 0.5) is 5.82 Å². The third-order valence-corrected chi connectivity index (χ3v) is 3.10. The molecule has 1 heterocycles. The summed E-state index contributed by atoms with van der Waals surface area (Å²) in [4.78, 5) is 6.57. The standard InChI is InChI=1S/C16H21N3O/c1-17-11-15-7-8-16(18-12-15)19(9-10-20)13-14-5-3-2-4-6-14/h2-8,12,17,20H,9-11,13H2,1H3. The van der Waals surface area contributed by atoms with Crippen LogP contribution in [-0.4, -0.2) is 30.3 Å². The third-order valence-electron chi connectivity index (χ3n) is 3.10. The number of aliphatic hydroxyl groups is 1. The molecule has 0 aliphatic carbocycles. The van der Waals surface area contributed by atoms with Gasteiger partial charge >= 0.3 is 0 Å². The van der Waals surface area contributed by atoms with Gasteiger partial charge in [0.1, 0.15) is 5.82 Å². The Bertz CT molecular complexity index is 499. The van der Waals surface area contributed by atoms with Gasteiger partial charge in [-0.15, -0.1) is 0 Å². The first-order valence-corrected chi connectivity index (χ1v) is 6.82. The third kappa shape index (κ3) is 4.05. The number of benzene rings is 1. The molecule has 0 unspecified atom stereocenters. The first kappa shape index (κ1) is 14.5. The fraction of sp³-hybridized carbons (Fsp3) is 0.312. The Hall–Kier alpha value is -1.91. The molecule has 20 heavy (non-hydrogen) atoms. The number of hydrogen-bond acceptors (Lipinski definition) is 4. The van der Waals surface area contributed by atoms with E-state index in [-0.39, 0.29) is 6.61 Å². The summed E-state index contributed by atoms with van der Waals surface area (Å²) in [6.45, 7) is 2.26. The van der Waals surface area contributed by atoms with E-state index in [0.29, 0.717) is 6.54 Å². The Labute approximate surface area is 120 Å². The largest absolute Gasteiger partial charge is 0.395 e. The minimum absolute atomic E-state index is 0.118. The molecule has 0 radical (unpaired) electrons. The lowest BCUT2D eigenvalue weighted by Crippen LogP contribution is -2.27. The summed E-state index contributed by atoms with van der Waals surface area (Å²) in [5.41, 5.74) is 2.36. The van der Waals surface area contributed by atoms with Crippen LogP contribution in [0.1, 0.15) is 11.1 Å². The lowest BCUT2D eigenvalue weighted by Gasteiger charge is -2.23. The topological polar surface area (TPSA) is 48.4 Å². The van der Waals surface area contributed by atoms with E-state index in [1.54, 1.807) is 0 Å². The lowest BCUT2D eigenvalue weighted by atomic mass is 10.2. The molecule has 106 valence electrons. The van der Waals surface area contributed by atoms with E-state index in [4.69, 9.17) is 0 Å². The van der Waals surface area contributed by atoms with Crippen LogP contribution in [0.3, 0.4) is 0 Å². The van der Waals surface area contributed by atoms with Crippen LogP contribution in [-0.2, 0) is 13.1 Å². The van der Waals surface area contributed by atoms with Gasteiger partial charge in [-0.05, 0) is 24.2 Å². The van der Waals surface area contributed by atoms with Crippen molar-refractivity contribution in [3.63, 3.8) is 0 Å². The van der Waals surface area contributed by atoms with E-state index < -0.39 is 0 Å². The number of hydrogen-bond donors (Lipinski definition) is 2. The quantitative estimate of drug-likeness (QED) is 0.806. The SMILES string of the molecule is CNCc1ccc(N(CCO)Cc2ccccc2)nc1. The van der Waals surface area contributed by atoms with Crippen LogP contribution in [0.15, 0.2) is 48.7 Å². The van der Waals surface area contributed by atoms with Crippen LogP contribution in [0.25, 0.3) is 0 Å². The molecule has 0 atom stereocenters. The molecule has 1 aromatic carbocycles. The molecular weight excluding hydrogens is 250 g/mol. The zero-order valence-corrected chi connectivity index (χ0v) is 11.8. The molecule has 0 aliphatic heterocycles. The number of anilines is 1. The van der Waals surface area contributed by atoms with Gasteiger partial charge in [-0.3, -0.25) is 0 Å². The van der Waals surface area contributed by atoms with E-state index in [0.717, 1.165) is 24.5 Å². The minimum Gasteiger partial charge on any atom is -0.395 e. The van der Waals surface area contributed by atoms with Gasteiger partial charge in [0.15, 0.2) is 0 Å². The fourth-order valence-corrected chi connectivity index (χ4v) is 2.11. The van der Waals surface area contributed by atoms with Gasteiger partial charge in [-0.1, -0.05) is 36.4 Å². The molecular formula is C16H21N3O. The number of aliphatic hydroxyl groups excluding tert-OH is 1. The van der Waals surface area contributed by atoms with Crippen molar-refractivity contribution in [1.82, 2.24) is 10.3 Å². The first-order chi connectivity index (χ1) is 9.83. The number of rotatable bonds is 7. The van der Waals surface area contributed by atoms with E-state index >= 15 is 0 Å². The summed E-state index contributed by atoms with van der Waals surface area (Å²) in [6, 6.07) is 14.3. The normalized spacial score (nSPS) is 10.5. The molecule has 0 bridgehead atoms. The molecule has 4 heteroatoms. The monoisotopic (exact) mass is 271 g/mol. The van der Waals surface area contributed by atoms with Crippen LogP contribution in [0.5, 0.6) is 0 Å². The summed E-state index contributed by atoms with van der Waals surface area (Å²) in [6.07, 6.45) is 1.88. The van der Waals surface area contributed by atoms with Crippen LogP contribution in [0, 0.1) is 0 Å². The summed E-state index contributed by atoms with van der Waals surface area (Å²) in [5.74, 6) is 0.891. The lowest BCUT2D eigenvalue weighted by molar-refractivity contribution is 0.301.